The van der Waals surface area contributed by atoms with Crippen molar-refractivity contribution in [3.8, 4) is 0 Å². The van der Waals surface area contributed by atoms with Crippen molar-refractivity contribution >= 4 is 8.32 Å². The standard InChI is InChI=1S/C19H38O2Si/c1-17(12-8-10-14-20)16-18(2)13-9-11-15-21-22(6,7)19(3,4)5/h16,20H,1,8-15H2,2-7H3/b18-16+. The lowest BCUT2D eigenvalue weighted by molar-refractivity contribution is 0.279. The second-order valence-corrected chi connectivity index (χ2v) is 12.7. The van der Waals surface area contributed by atoms with E-state index >= 15 is 0 Å². The molecule has 0 atom stereocenters. The summed E-state index contributed by atoms with van der Waals surface area (Å²) in [7, 11) is -1.58. The molecule has 0 radical (unpaired) electrons. The van der Waals surface area contributed by atoms with Gasteiger partial charge < -0.3 is 9.53 Å². The molecule has 0 aromatic carbocycles. The minimum atomic E-state index is -1.58. The summed E-state index contributed by atoms with van der Waals surface area (Å²) in [6.45, 7) is 18.9. The Balaban J connectivity index is 3.89. The van der Waals surface area contributed by atoms with Gasteiger partial charge in [-0.05, 0) is 63.6 Å². The lowest BCUT2D eigenvalue weighted by Crippen LogP contribution is -2.40. The van der Waals surface area contributed by atoms with E-state index in [0.717, 1.165) is 38.7 Å². The van der Waals surface area contributed by atoms with Crippen LogP contribution in [0, 0.1) is 0 Å². The van der Waals surface area contributed by atoms with Crippen LogP contribution in [0.3, 0.4) is 0 Å². The first-order chi connectivity index (χ1) is 10.1. The highest BCUT2D eigenvalue weighted by atomic mass is 28.4. The molecule has 0 spiro atoms. The fraction of sp³-hybridized carbons (Fsp3) is 0.789. The van der Waals surface area contributed by atoms with Crippen molar-refractivity contribution in [2.24, 2.45) is 0 Å². The van der Waals surface area contributed by atoms with Gasteiger partial charge in [-0.3, -0.25) is 0 Å². The predicted octanol–water partition coefficient (Wildman–Crippen LogP) is 5.84. The van der Waals surface area contributed by atoms with E-state index in [2.05, 4.69) is 53.4 Å². The maximum absolute atomic E-state index is 8.78. The van der Waals surface area contributed by atoms with Crippen LogP contribution in [0.25, 0.3) is 0 Å². The second kappa shape index (κ2) is 10.4. The highest BCUT2D eigenvalue weighted by Gasteiger charge is 2.36. The van der Waals surface area contributed by atoms with Crippen molar-refractivity contribution in [3.63, 3.8) is 0 Å². The SMILES string of the molecule is C=C(/C=C(\C)CCCCO[Si](C)(C)C(C)(C)C)CCCCO. The first-order valence-electron chi connectivity index (χ1n) is 8.70. The summed E-state index contributed by atoms with van der Waals surface area (Å²) < 4.78 is 6.20. The average molecular weight is 327 g/mol. The third-order valence-corrected chi connectivity index (χ3v) is 9.13. The van der Waals surface area contributed by atoms with E-state index in [4.69, 9.17) is 9.53 Å². The molecule has 0 saturated carbocycles. The summed E-state index contributed by atoms with van der Waals surface area (Å²) >= 11 is 0. The summed E-state index contributed by atoms with van der Waals surface area (Å²) in [6, 6.07) is 0. The summed E-state index contributed by atoms with van der Waals surface area (Å²) in [5.74, 6) is 0. The Kier molecular flexibility index (Phi) is 10.2. The molecule has 0 rings (SSSR count). The molecule has 2 nitrogen and oxygen atoms in total. The Hall–Kier alpha value is -0.383. The molecule has 22 heavy (non-hydrogen) atoms. The molecule has 130 valence electrons. The van der Waals surface area contributed by atoms with Crippen LogP contribution < -0.4 is 0 Å². The van der Waals surface area contributed by atoms with E-state index in [9.17, 15) is 0 Å². The van der Waals surface area contributed by atoms with Gasteiger partial charge in [-0.2, -0.15) is 0 Å². The van der Waals surface area contributed by atoms with Crippen LogP contribution in [0.4, 0.5) is 0 Å². The van der Waals surface area contributed by atoms with E-state index < -0.39 is 8.32 Å². The Morgan fingerprint density at radius 3 is 2.23 bits per heavy atom. The van der Waals surface area contributed by atoms with Gasteiger partial charge in [0.05, 0.1) is 0 Å². The predicted molar refractivity (Wildman–Crippen MR) is 101 cm³/mol. The Morgan fingerprint density at radius 1 is 1.09 bits per heavy atom. The van der Waals surface area contributed by atoms with Crippen LogP contribution in [-0.4, -0.2) is 26.6 Å². The van der Waals surface area contributed by atoms with E-state index in [1.54, 1.807) is 0 Å². The molecule has 0 fully saturated rings. The van der Waals surface area contributed by atoms with Gasteiger partial charge >= 0.3 is 0 Å². The summed E-state index contributed by atoms with van der Waals surface area (Å²) in [4.78, 5) is 0. The van der Waals surface area contributed by atoms with Gasteiger partial charge in [0.1, 0.15) is 0 Å². The average Bonchev–Trinajstić information content (AvgIpc) is 2.37. The third-order valence-electron chi connectivity index (χ3n) is 4.59. The van der Waals surface area contributed by atoms with Crippen molar-refractivity contribution in [1.29, 1.82) is 0 Å². The van der Waals surface area contributed by atoms with E-state index in [0.29, 0.717) is 5.04 Å². The van der Waals surface area contributed by atoms with Crippen molar-refractivity contribution in [2.45, 2.75) is 84.4 Å². The quantitative estimate of drug-likeness (QED) is 0.293. The smallest absolute Gasteiger partial charge is 0.191 e. The topological polar surface area (TPSA) is 29.5 Å². The summed E-state index contributed by atoms with van der Waals surface area (Å²) in [5.41, 5.74) is 2.59. The van der Waals surface area contributed by atoms with Gasteiger partial charge in [0, 0.05) is 13.2 Å². The lowest BCUT2D eigenvalue weighted by Gasteiger charge is -2.36. The maximum atomic E-state index is 8.78. The van der Waals surface area contributed by atoms with E-state index in [-0.39, 0.29) is 6.61 Å². The molecule has 0 aliphatic carbocycles. The first-order valence-corrected chi connectivity index (χ1v) is 11.6. The van der Waals surface area contributed by atoms with Gasteiger partial charge in [0.2, 0.25) is 0 Å². The van der Waals surface area contributed by atoms with Crippen LogP contribution in [-0.2, 0) is 4.43 Å². The molecule has 0 bridgehead atoms. The Morgan fingerprint density at radius 2 is 1.68 bits per heavy atom. The number of allylic oxidation sites excluding steroid dienone is 3. The molecule has 0 amide bonds. The normalized spacial score (nSPS) is 13.5. The molecular weight excluding hydrogens is 288 g/mol. The molecule has 3 heteroatoms. The highest BCUT2D eigenvalue weighted by Crippen LogP contribution is 2.36. The van der Waals surface area contributed by atoms with Crippen LogP contribution in [0.5, 0.6) is 0 Å². The zero-order valence-electron chi connectivity index (χ0n) is 15.8. The zero-order chi connectivity index (χ0) is 17.2. The van der Waals surface area contributed by atoms with E-state index in [1.807, 2.05) is 0 Å². The molecule has 0 aromatic rings. The van der Waals surface area contributed by atoms with Gasteiger partial charge in [0.15, 0.2) is 8.32 Å². The molecule has 0 aliphatic heterocycles. The zero-order valence-corrected chi connectivity index (χ0v) is 16.8. The summed E-state index contributed by atoms with van der Waals surface area (Å²) in [5, 5.41) is 9.08. The highest BCUT2D eigenvalue weighted by molar-refractivity contribution is 6.74. The number of hydrogen-bond acceptors (Lipinski definition) is 2. The molecule has 0 aliphatic rings. The van der Waals surface area contributed by atoms with Crippen LogP contribution >= 0.6 is 0 Å². The van der Waals surface area contributed by atoms with Gasteiger partial charge in [0.25, 0.3) is 0 Å². The van der Waals surface area contributed by atoms with Crippen molar-refractivity contribution in [2.75, 3.05) is 13.2 Å². The minimum Gasteiger partial charge on any atom is -0.417 e. The fourth-order valence-corrected chi connectivity index (χ4v) is 3.09. The van der Waals surface area contributed by atoms with Gasteiger partial charge in [-0.25, -0.2) is 0 Å². The van der Waals surface area contributed by atoms with Crippen LogP contribution in [0.15, 0.2) is 23.8 Å². The lowest BCUT2D eigenvalue weighted by atomic mass is 10.0. The van der Waals surface area contributed by atoms with Gasteiger partial charge in [-0.15, -0.1) is 0 Å². The second-order valence-electron chi connectivity index (χ2n) is 7.90. The van der Waals surface area contributed by atoms with Crippen LogP contribution in [0.1, 0.15) is 66.2 Å². The number of aliphatic hydroxyl groups is 1. The largest absolute Gasteiger partial charge is 0.417 e. The Bertz CT molecular complexity index is 351. The molecular formula is C19H38O2Si. The number of rotatable bonds is 11. The molecule has 0 aromatic heterocycles. The Labute approximate surface area is 139 Å². The number of hydrogen-bond donors (Lipinski definition) is 1. The molecule has 0 unspecified atom stereocenters. The minimum absolute atomic E-state index is 0.282. The van der Waals surface area contributed by atoms with Crippen molar-refractivity contribution < 1.29 is 9.53 Å². The number of aliphatic hydroxyl groups excluding tert-OH is 1. The van der Waals surface area contributed by atoms with E-state index in [1.165, 1.54) is 17.6 Å². The van der Waals surface area contributed by atoms with Crippen molar-refractivity contribution in [1.82, 2.24) is 0 Å². The monoisotopic (exact) mass is 326 g/mol. The maximum Gasteiger partial charge on any atom is 0.191 e. The summed E-state index contributed by atoms with van der Waals surface area (Å²) in [6.07, 6.45) is 8.55. The fourth-order valence-electron chi connectivity index (χ4n) is 2.01. The first kappa shape index (κ1) is 21.6. The van der Waals surface area contributed by atoms with Gasteiger partial charge in [-0.1, -0.05) is 44.6 Å². The molecule has 0 saturated heterocycles. The third kappa shape index (κ3) is 9.60. The molecule has 0 heterocycles. The van der Waals surface area contributed by atoms with Crippen molar-refractivity contribution in [3.05, 3.63) is 23.8 Å². The number of unbranched alkanes of at least 4 members (excludes halogenated alkanes) is 2. The molecule has 1 N–H and O–H groups in total. The van der Waals surface area contributed by atoms with Crippen LogP contribution in [0.2, 0.25) is 18.1 Å².